The Bertz CT molecular complexity index is 962. The number of fused-ring (bicyclic) bond motifs is 2. The Hall–Kier alpha value is -2.82. The number of hydrogen-bond acceptors (Lipinski definition) is 4. The van der Waals surface area contributed by atoms with Gasteiger partial charge in [-0.1, -0.05) is 73.2 Å². The van der Waals surface area contributed by atoms with Crippen LogP contribution in [0.15, 0.2) is 78.9 Å². The van der Waals surface area contributed by atoms with Crippen LogP contribution in [0.5, 0.6) is 11.5 Å². The SMILES string of the molecule is OC1(CCCCc2ccccc2)CCc2ccccc2OCCOCCOc2ccccc2CC1. The summed E-state index contributed by atoms with van der Waals surface area (Å²) in [5.74, 6) is 1.77. The molecule has 4 rings (SSSR count). The van der Waals surface area contributed by atoms with Crippen LogP contribution >= 0.6 is 0 Å². The number of rotatable bonds is 5. The minimum absolute atomic E-state index is 0.497. The topological polar surface area (TPSA) is 47.9 Å². The Labute approximate surface area is 209 Å². The number of aryl methyl sites for hydroxylation is 3. The van der Waals surface area contributed by atoms with E-state index in [1.165, 1.54) is 5.56 Å². The summed E-state index contributed by atoms with van der Waals surface area (Å²) in [5.41, 5.74) is 2.91. The van der Waals surface area contributed by atoms with Gasteiger partial charge >= 0.3 is 0 Å². The fraction of sp³-hybridized carbons (Fsp3) is 0.419. The molecule has 3 aromatic carbocycles. The Morgan fingerprint density at radius 2 is 1.17 bits per heavy atom. The number of unbranched alkanes of at least 4 members (excludes halogenated alkanes) is 1. The molecule has 3 aromatic rings. The molecule has 0 aromatic heterocycles. The van der Waals surface area contributed by atoms with E-state index < -0.39 is 5.60 Å². The van der Waals surface area contributed by atoms with Gasteiger partial charge in [0.1, 0.15) is 24.7 Å². The van der Waals surface area contributed by atoms with E-state index in [9.17, 15) is 5.11 Å². The maximum absolute atomic E-state index is 11.8. The van der Waals surface area contributed by atoms with Crippen LogP contribution in [0.2, 0.25) is 0 Å². The molecule has 0 saturated carbocycles. The minimum atomic E-state index is -0.739. The summed E-state index contributed by atoms with van der Waals surface area (Å²) in [5, 5.41) is 11.8. The summed E-state index contributed by atoms with van der Waals surface area (Å²) < 4.78 is 17.7. The molecule has 0 spiro atoms. The average molecular weight is 475 g/mol. The summed E-state index contributed by atoms with van der Waals surface area (Å²) in [7, 11) is 0. The fourth-order valence-electron chi connectivity index (χ4n) is 4.76. The molecule has 0 saturated heterocycles. The summed E-state index contributed by atoms with van der Waals surface area (Å²) in [6.45, 7) is 2.03. The van der Waals surface area contributed by atoms with E-state index in [1.54, 1.807) is 0 Å². The van der Waals surface area contributed by atoms with Gasteiger partial charge in [0.05, 0.1) is 18.8 Å². The Balaban J connectivity index is 1.46. The van der Waals surface area contributed by atoms with Gasteiger partial charge in [-0.25, -0.2) is 0 Å². The van der Waals surface area contributed by atoms with Crippen molar-refractivity contribution in [3.8, 4) is 11.5 Å². The van der Waals surface area contributed by atoms with Crippen LogP contribution in [-0.4, -0.2) is 37.1 Å². The molecule has 0 atom stereocenters. The number of hydrogen-bond donors (Lipinski definition) is 1. The zero-order valence-electron chi connectivity index (χ0n) is 20.7. The van der Waals surface area contributed by atoms with Gasteiger partial charge in [0, 0.05) is 0 Å². The van der Waals surface area contributed by atoms with Crippen molar-refractivity contribution in [2.75, 3.05) is 26.4 Å². The molecule has 186 valence electrons. The van der Waals surface area contributed by atoms with Gasteiger partial charge in [-0.3, -0.25) is 0 Å². The summed E-state index contributed by atoms with van der Waals surface area (Å²) >= 11 is 0. The molecule has 1 N–H and O–H groups in total. The summed E-state index contributed by atoms with van der Waals surface area (Å²) in [6.07, 6.45) is 6.89. The lowest BCUT2D eigenvalue weighted by molar-refractivity contribution is 0.0120. The van der Waals surface area contributed by atoms with Crippen molar-refractivity contribution >= 4 is 0 Å². The van der Waals surface area contributed by atoms with Gasteiger partial charge < -0.3 is 19.3 Å². The molecule has 0 aliphatic carbocycles. The van der Waals surface area contributed by atoms with Crippen LogP contribution in [0.4, 0.5) is 0 Å². The molecule has 1 heterocycles. The minimum Gasteiger partial charge on any atom is -0.491 e. The first-order chi connectivity index (χ1) is 17.2. The van der Waals surface area contributed by atoms with Crippen molar-refractivity contribution < 1.29 is 19.3 Å². The molecular weight excluding hydrogens is 436 g/mol. The third-order valence-electron chi connectivity index (χ3n) is 6.84. The van der Waals surface area contributed by atoms with Crippen molar-refractivity contribution in [1.29, 1.82) is 0 Å². The Kier molecular flexibility index (Phi) is 9.62. The predicted octanol–water partition coefficient (Wildman–Crippen LogP) is 6.18. The largest absolute Gasteiger partial charge is 0.491 e. The van der Waals surface area contributed by atoms with Gasteiger partial charge in [-0.15, -0.1) is 0 Å². The van der Waals surface area contributed by atoms with Gasteiger partial charge in [-0.05, 0) is 73.8 Å². The normalized spacial score (nSPS) is 16.8. The highest BCUT2D eigenvalue weighted by molar-refractivity contribution is 5.34. The van der Waals surface area contributed by atoms with E-state index in [0.29, 0.717) is 39.3 Å². The highest BCUT2D eigenvalue weighted by Crippen LogP contribution is 2.31. The second-order valence-corrected chi connectivity index (χ2v) is 9.44. The lowest BCUT2D eigenvalue weighted by Crippen LogP contribution is -2.30. The predicted molar refractivity (Wildman–Crippen MR) is 140 cm³/mol. The Morgan fingerprint density at radius 1 is 0.629 bits per heavy atom. The molecule has 1 aliphatic rings. The summed E-state index contributed by atoms with van der Waals surface area (Å²) in [6, 6.07) is 26.9. The standard InChI is InChI=1S/C31H38O4/c32-31(19-9-8-12-26-10-2-1-3-11-26)20-17-27-13-4-6-15-29(27)34-24-22-33-23-25-35-30-16-7-5-14-28(30)18-21-31/h1-7,10-11,13-16,32H,8-9,12,17-25H2. The number of para-hydroxylation sites is 2. The quantitative estimate of drug-likeness (QED) is 0.448. The fourth-order valence-corrected chi connectivity index (χ4v) is 4.76. The zero-order valence-corrected chi connectivity index (χ0v) is 20.7. The van der Waals surface area contributed by atoms with Crippen LogP contribution in [-0.2, 0) is 24.0 Å². The first kappa shape index (κ1) is 25.3. The molecular formula is C31H38O4. The van der Waals surface area contributed by atoms with Crippen molar-refractivity contribution in [3.63, 3.8) is 0 Å². The molecule has 0 unspecified atom stereocenters. The highest BCUT2D eigenvalue weighted by atomic mass is 16.5. The van der Waals surface area contributed by atoms with E-state index in [4.69, 9.17) is 14.2 Å². The van der Waals surface area contributed by atoms with Crippen LogP contribution in [0, 0.1) is 0 Å². The van der Waals surface area contributed by atoms with Crippen LogP contribution in [0.25, 0.3) is 0 Å². The van der Waals surface area contributed by atoms with Crippen LogP contribution in [0.3, 0.4) is 0 Å². The molecule has 1 aliphatic heterocycles. The van der Waals surface area contributed by atoms with Crippen molar-refractivity contribution in [2.24, 2.45) is 0 Å². The van der Waals surface area contributed by atoms with Crippen LogP contribution in [0.1, 0.15) is 48.8 Å². The number of ether oxygens (including phenoxy) is 3. The van der Waals surface area contributed by atoms with E-state index in [-0.39, 0.29) is 0 Å². The highest BCUT2D eigenvalue weighted by Gasteiger charge is 2.27. The van der Waals surface area contributed by atoms with Gasteiger partial charge in [0.15, 0.2) is 0 Å². The van der Waals surface area contributed by atoms with E-state index in [1.807, 2.05) is 36.4 Å². The average Bonchev–Trinajstić information content (AvgIpc) is 2.89. The smallest absolute Gasteiger partial charge is 0.122 e. The zero-order chi connectivity index (χ0) is 24.2. The number of aliphatic hydroxyl groups is 1. The van der Waals surface area contributed by atoms with Gasteiger partial charge in [0.25, 0.3) is 0 Å². The molecule has 35 heavy (non-hydrogen) atoms. The van der Waals surface area contributed by atoms with Crippen molar-refractivity contribution in [2.45, 2.75) is 57.0 Å². The molecule has 0 bridgehead atoms. The van der Waals surface area contributed by atoms with Crippen molar-refractivity contribution in [1.82, 2.24) is 0 Å². The lowest BCUT2D eigenvalue weighted by atomic mass is 9.84. The lowest BCUT2D eigenvalue weighted by Gasteiger charge is -2.29. The van der Waals surface area contributed by atoms with Crippen molar-refractivity contribution in [3.05, 3.63) is 95.6 Å². The number of benzene rings is 3. The molecule has 4 heteroatoms. The molecule has 4 nitrogen and oxygen atoms in total. The van der Waals surface area contributed by atoms with Gasteiger partial charge in [0.2, 0.25) is 0 Å². The van der Waals surface area contributed by atoms with E-state index in [2.05, 4.69) is 42.5 Å². The maximum Gasteiger partial charge on any atom is 0.122 e. The monoisotopic (exact) mass is 474 g/mol. The van der Waals surface area contributed by atoms with Gasteiger partial charge in [-0.2, -0.15) is 0 Å². The Morgan fingerprint density at radius 3 is 1.77 bits per heavy atom. The molecule has 0 radical (unpaired) electrons. The van der Waals surface area contributed by atoms with E-state index >= 15 is 0 Å². The second kappa shape index (κ2) is 13.3. The van der Waals surface area contributed by atoms with Crippen LogP contribution < -0.4 is 9.47 Å². The third-order valence-corrected chi connectivity index (χ3v) is 6.84. The summed E-state index contributed by atoms with van der Waals surface area (Å²) in [4.78, 5) is 0. The first-order valence-electron chi connectivity index (χ1n) is 13.0. The molecule has 0 fully saturated rings. The second-order valence-electron chi connectivity index (χ2n) is 9.44. The third kappa shape index (κ3) is 8.12. The van der Waals surface area contributed by atoms with E-state index in [0.717, 1.165) is 61.2 Å². The first-order valence-corrected chi connectivity index (χ1v) is 13.0. The maximum atomic E-state index is 11.8. The molecule has 0 amide bonds.